The van der Waals surface area contributed by atoms with Gasteiger partial charge in [-0.15, -0.1) is 6.58 Å². The summed E-state index contributed by atoms with van der Waals surface area (Å²) >= 11 is 0. The zero-order valence-electron chi connectivity index (χ0n) is 9.23. The van der Waals surface area contributed by atoms with Gasteiger partial charge in [0.15, 0.2) is 0 Å². The highest BCUT2D eigenvalue weighted by atomic mass is 16.6. The van der Waals surface area contributed by atoms with Crippen LogP contribution in [0.3, 0.4) is 0 Å². The summed E-state index contributed by atoms with van der Waals surface area (Å²) in [6.45, 7) is 7.32. The molecule has 0 N–H and O–H groups in total. The maximum atomic E-state index is 10.9. The predicted molar refractivity (Wildman–Crippen MR) is 55.9 cm³/mol. The molecule has 0 heterocycles. The Labute approximate surface area is 88.3 Å². The quantitative estimate of drug-likeness (QED) is 0.386. The van der Waals surface area contributed by atoms with Crippen LogP contribution in [-0.2, 0) is 0 Å². The van der Waals surface area contributed by atoms with Gasteiger partial charge in [-0.3, -0.25) is 20.2 Å². The van der Waals surface area contributed by atoms with Gasteiger partial charge < -0.3 is 0 Å². The van der Waals surface area contributed by atoms with E-state index in [-0.39, 0.29) is 6.42 Å². The average molecular weight is 216 g/mol. The molecule has 0 fully saturated rings. The molecule has 0 aliphatic heterocycles. The van der Waals surface area contributed by atoms with Crippen molar-refractivity contribution in [3.63, 3.8) is 0 Å². The molecule has 0 saturated heterocycles. The van der Waals surface area contributed by atoms with Crippen LogP contribution in [0.2, 0.25) is 0 Å². The summed E-state index contributed by atoms with van der Waals surface area (Å²) in [5.74, 6) is 0. The maximum Gasteiger partial charge on any atom is 0.287 e. The molecule has 0 aromatic heterocycles. The van der Waals surface area contributed by atoms with E-state index in [2.05, 4.69) is 6.58 Å². The van der Waals surface area contributed by atoms with Crippen molar-refractivity contribution in [1.29, 1.82) is 0 Å². The molecule has 0 bridgehead atoms. The third kappa shape index (κ3) is 2.31. The Bertz CT molecular complexity index is 288. The van der Waals surface area contributed by atoms with Crippen molar-refractivity contribution in [2.75, 3.05) is 0 Å². The second-order valence-electron chi connectivity index (χ2n) is 4.17. The van der Waals surface area contributed by atoms with Gasteiger partial charge in [-0.25, -0.2) is 0 Å². The Hall–Kier alpha value is -1.46. The lowest BCUT2D eigenvalue weighted by Gasteiger charge is -2.29. The molecule has 15 heavy (non-hydrogen) atoms. The van der Waals surface area contributed by atoms with Crippen molar-refractivity contribution >= 4 is 0 Å². The van der Waals surface area contributed by atoms with Crippen molar-refractivity contribution in [1.82, 2.24) is 0 Å². The standard InChI is InChI=1S/C9H16N2O4/c1-5-6-7-9(4,11(14)15)8(2,3)10(12)13/h5H,1,6-7H2,2-4H3. The summed E-state index contributed by atoms with van der Waals surface area (Å²) in [6.07, 6.45) is 2.02. The van der Waals surface area contributed by atoms with E-state index in [0.29, 0.717) is 6.42 Å². The van der Waals surface area contributed by atoms with Crippen molar-refractivity contribution in [2.24, 2.45) is 0 Å². The minimum atomic E-state index is -1.60. The lowest BCUT2D eigenvalue weighted by Crippen LogP contribution is -2.58. The van der Waals surface area contributed by atoms with E-state index in [0.717, 1.165) is 0 Å². The average Bonchev–Trinajstić information content (AvgIpc) is 2.13. The zero-order valence-corrected chi connectivity index (χ0v) is 9.23. The van der Waals surface area contributed by atoms with Gasteiger partial charge in [0.05, 0.1) is 0 Å². The molecule has 1 atom stereocenters. The number of rotatable bonds is 6. The number of hydrogen-bond donors (Lipinski definition) is 0. The minimum Gasteiger partial charge on any atom is -0.264 e. The zero-order chi connectivity index (χ0) is 12.3. The Balaban J connectivity index is 5.18. The van der Waals surface area contributed by atoms with Crippen molar-refractivity contribution in [3.05, 3.63) is 32.9 Å². The second kappa shape index (κ2) is 4.37. The largest absolute Gasteiger partial charge is 0.287 e. The first-order valence-electron chi connectivity index (χ1n) is 4.60. The molecule has 0 saturated carbocycles. The van der Waals surface area contributed by atoms with Crippen LogP contribution in [0.1, 0.15) is 33.6 Å². The molecule has 0 aromatic rings. The van der Waals surface area contributed by atoms with E-state index in [1.54, 1.807) is 0 Å². The van der Waals surface area contributed by atoms with Crippen molar-refractivity contribution < 1.29 is 9.85 Å². The second-order valence-corrected chi connectivity index (χ2v) is 4.17. The molecule has 6 nitrogen and oxygen atoms in total. The molecule has 0 radical (unpaired) electrons. The van der Waals surface area contributed by atoms with Crippen LogP contribution in [0.15, 0.2) is 12.7 Å². The van der Waals surface area contributed by atoms with Crippen LogP contribution in [0, 0.1) is 20.2 Å². The highest BCUT2D eigenvalue weighted by Gasteiger charge is 2.60. The summed E-state index contributed by atoms with van der Waals surface area (Å²) in [5, 5.41) is 21.8. The first-order chi connectivity index (χ1) is 6.70. The van der Waals surface area contributed by atoms with Gasteiger partial charge in [0.25, 0.3) is 11.1 Å². The highest BCUT2D eigenvalue weighted by molar-refractivity contribution is 4.92. The molecule has 0 aliphatic carbocycles. The van der Waals surface area contributed by atoms with Gasteiger partial charge in [0, 0.05) is 37.0 Å². The molecular formula is C9H16N2O4. The van der Waals surface area contributed by atoms with Gasteiger partial charge in [-0.1, -0.05) is 6.08 Å². The van der Waals surface area contributed by atoms with Crippen LogP contribution in [0.4, 0.5) is 0 Å². The Kier molecular flexibility index (Phi) is 3.95. The van der Waals surface area contributed by atoms with Gasteiger partial charge >= 0.3 is 0 Å². The Morgan fingerprint density at radius 3 is 1.93 bits per heavy atom. The van der Waals surface area contributed by atoms with E-state index in [9.17, 15) is 20.2 Å². The van der Waals surface area contributed by atoms with E-state index in [1.807, 2.05) is 0 Å². The van der Waals surface area contributed by atoms with Crippen molar-refractivity contribution in [3.8, 4) is 0 Å². The molecule has 86 valence electrons. The number of hydrogen-bond acceptors (Lipinski definition) is 4. The predicted octanol–water partition coefficient (Wildman–Crippen LogP) is 2.04. The van der Waals surface area contributed by atoms with Crippen LogP contribution in [-0.4, -0.2) is 20.9 Å². The normalized spacial score (nSPS) is 15.4. The smallest absolute Gasteiger partial charge is 0.264 e. The van der Waals surface area contributed by atoms with Gasteiger partial charge in [-0.2, -0.15) is 0 Å². The Morgan fingerprint density at radius 1 is 1.20 bits per heavy atom. The van der Waals surface area contributed by atoms with Crippen LogP contribution in [0.5, 0.6) is 0 Å². The molecule has 0 amide bonds. The van der Waals surface area contributed by atoms with E-state index in [4.69, 9.17) is 0 Å². The topological polar surface area (TPSA) is 86.3 Å². The molecule has 0 aliphatic rings. The third-order valence-corrected chi connectivity index (χ3v) is 3.01. The summed E-state index contributed by atoms with van der Waals surface area (Å²) < 4.78 is 0. The van der Waals surface area contributed by atoms with Crippen LogP contribution in [0.25, 0.3) is 0 Å². The number of nitrogens with zero attached hydrogens (tertiary/aromatic N) is 2. The van der Waals surface area contributed by atoms with Gasteiger partial charge in [0.2, 0.25) is 0 Å². The molecule has 0 aromatic carbocycles. The van der Waals surface area contributed by atoms with E-state index < -0.39 is 20.9 Å². The summed E-state index contributed by atoms with van der Waals surface area (Å²) in [4.78, 5) is 20.6. The third-order valence-electron chi connectivity index (χ3n) is 3.01. The number of nitro groups is 2. The number of allylic oxidation sites excluding steroid dienone is 1. The van der Waals surface area contributed by atoms with Gasteiger partial charge in [0.1, 0.15) is 0 Å². The molecule has 0 rings (SSSR count). The molecule has 1 unspecified atom stereocenters. The molecular weight excluding hydrogens is 200 g/mol. The highest BCUT2D eigenvalue weighted by Crippen LogP contribution is 2.32. The summed E-state index contributed by atoms with van der Waals surface area (Å²) in [6, 6.07) is 0. The lowest BCUT2D eigenvalue weighted by molar-refractivity contribution is -0.677. The van der Waals surface area contributed by atoms with E-state index in [1.165, 1.54) is 26.8 Å². The van der Waals surface area contributed by atoms with Crippen LogP contribution < -0.4 is 0 Å². The minimum absolute atomic E-state index is 0.109. The Morgan fingerprint density at radius 2 is 1.67 bits per heavy atom. The van der Waals surface area contributed by atoms with Gasteiger partial charge in [-0.05, 0) is 6.42 Å². The SMILES string of the molecule is C=CCCC(C)([N+](=O)[O-])C(C)(C)[N+](=O)[O-]. The molecule has 6 heteroatoms. The van der Waals surface area contributed by atoms with E-state index >= 15 is 0 Å². The molecule has 0 spiro atoms. The maximum absolute atomic E-state index is 10.9. The monoisotopic (exact) mass is 216 g/mol. The van der Waals surface area contributed by atoms with Crippen LogP contribution >= 0.6 is 0 Å². The summed E-state index contributed by atoms with van der Waals surface area (Å²) in [5.41, 5.74) is -3.18. The summed E-state index contributed by atoms with van der Waals surface area (Å²) in [7, 11) is 0. The first-order valence-corrected chi connectivity index (χ1v) is 4.60. The van der Waals surface area contributed by atoms with Crippen molar-refractivity contribution in [2.45, 2.75) is 44.7 Å². The fraction of sp³-hybridized carbons (Fsp3) is 0.778. The fourth-order valence-corrected chi connectivity index (χ4v) is 1.20. The lowest BCUT2D eigenvalue weighted by atomic mass is 9.78. The first kappa shape index (κ1) is 13.5. The fourth-order valence-electron chi connectivity index (χ4n) is 1.20.